The summed E-state index contributed by atoms with van der Waals surface area (Å²) in [6.07, 6.45) is -0.486. The Morgan fingerprint density at radius 1 is 1.09 bits per heavy atom. The Bertz CT molecular complexity index is 571. The smallest absolute Gasteiger partial charge is 0.407 e. The van der Waals surface area contributed by atoms with Crippen molar-refractivity contribution in [1.82, 2.24) is 10.6 Å². The maximum Gasteiger partial charge on any atom is 0.407 e. The number of ether oxygens (including phenoxy) is 1. The third-order valence-electron chi connectivity index (χ3n) is 2.32. The van der Waals surface area contributed by atoms with E-state index in [1.807, 2.05) is 12.1 Å². The van der Waals surface area contributed by atoms with Gasteiger partial charge >= 0.3 is 6.09 Å². The molecule has 2 amide bonds. The molecular formula is C14H17I3N2O3. The van der Waals surface area contributed by atoms with Crippen molar-refractivity contribution in [2.45, 2.75) is 26.4 Å². The Balaban J connectivity index is 2.46. The molecule has 0 saturated carbocycles. The highest BCUT2D eigenvalue weighted by molar-refractivity contribution is 14.1. The van der Waals surface area contributed by atoms with Gasteiger partial charge < -0.3 is 15.4 Å². The van der Waals surface area contributed by atoms with E-state index < -0.39 is 11.7 Å². The van der Waals surface area contributed by atoms with Gasteiger partial charge in [-0.3, -0.25) is 4.79 Å². The summed E-state index contributed by atoms with van der Waals surface area (Å²) >= 11 is 6.56. The minimum atomic E-state index is -0.527. The third-order valence-corrected chi connectivity index (χ3v) is 5.98. The van der Waals surface area contributed by atoms with Gasteiger partial charge in [-0.2, -0.15) is 0 Å². The second-order valence-corrected chi connectivity index (χ2v) is 8.92. The van der Waals surface area contributed by atoms with Crippen molar-refractivity contribution in [1.29, 1.82) is 0 Å². The minimum Gasteiger partial charge on any atom is -0.444 e. The topological polar surface area (TPSA) is 67.4 Å². The predicted molar refractivity (Wildman–Crippen MR) is 111 cm³/mol. The molecule has 0 radical (unpaired) electrons. The molecule has 1 aromatic rings. The molecule has 122 valence electrons. The number of rotatable bonds is 4. The van der Waals surface area contributed by atoms with E-state index >= 15 is 0 Å². The number of nitrogens with one attached hydrogen (secondary N) is 2. The zero-order valence-corrected chi connectivity index (χ0v) is 18.9. The van der Waals surface area contributed by atoms with Crippen molar-refractivity contribution in [2.24, 2.45) is 0 Å². The summed E-state index contributed by atoms with van der Waals surface area (Å²) in [5.74, 6) is -0.146. The number of halogens is 3. The minimum absolute atomic E-state index is 0.146. The van der Waals surface area contributed by atoms with Crippen molar-refractivity contribution < 1.29 is 14.3 Å². The summed E-state index contributed by atoms with van der Waals surface area (Å²) in [6, 6.07) is 3.87. The molecule has 5 nitrogen and oxygen atoms in total. The van der Waals surface area contributed by atoms with Gasteiger partial charge in [0.2, 0.25) is 0 Å². The van der Waals surface area contributed by atoms with E-state index in [4.69, 9.17) is 4.74 Å². The van der Waals surface area contributed by atoms with Gasteiger partial charge in [-0.05, 0) is 101 Å². The predicted octanol–water partition coefficient (Wildman–Crippen LogP) is 3.75. The van der Waals surface area contributed by atoms with Crippen molar-refractivity contribution in [3.63, 3.8) is 0 Å². The van der Waals surface area contributed by atoms with E-state index in [0.717, 1.165) is 10.7 Å². The van der Waals surface area contributed by atoms with E-state index in [-0.39, 0.29) is 5.91 Å². The normalized spacial score (nSPS) is 11.0. The SMILES string of the molecule is CC(C)(C)OC(=O)NCCNC(=O)c1cc(I)cc(I)c1I. The van der Waals surface area contributed by atoms with Gasteiger partial charge in [-0.1, -0.05) is 0 Å². The zero-order valence-electron chi connectivity index (χ0n) is 12.4. The third kappa shape index (κ3) is 7.15. The van der Waals surface area contributed by atoms with Gasteiger partial charge in [0.05, 0.1) is 5.56 Å². The van der Waals surface area contributed by atoms with Gasteiger partial charge in [0.15, 0.2) is 0 Å². The van der Waals surface area contributed by atoms with E-state index in [2.05, 4.69) is 78.4 Å². The van der Waals surface area contributed by atoms with E-state index in [1.165, 1.54) is 0 Å². The molecule has 22 heavy (non-hydrogen) atoms. The van der Waals surface area contributed by atoms with Crippen LogP contribution in [-0.4, -0.2) is 30.7 Å². The molecule has 1 aromatic carbocycles. The largest absolute Gasteiger partial charge is 0.444 e. The summed E-state index contributed by atoms with van der Waals surface area (Å²) in [4.78, 5) is 23.6. The van der Waals surface area contributed by atoms with Crippen LogP contribution in [-0.2, 0) is 4.74 Å². The fourth-order valence-corrected chi connectivity index (χ4v) is 3.87. The number of alkyl carbamates (subject to hydrolysis) is 1. The molecule has 0 fully saturated rings. The Labute approximate surface area is 171 Å². The Morgan fingerprint density at radius 2 is 1.68 bits per heavy atom. The second kappa shape index (κ2) is 8.85. The molecule has 0 aromatic heterocycles. The van der Waals surface area contributed by atoms with Crippen LogP contribution in [0.1, 0.15) is 31.1 Å². The first kappa shape index (κ1) is 20.2. The maximum atomic E-state index is 12.2. The fourth-order valence-electron chi connectivity index (χ4n) is 1.47. The number of carbonyl (C=O) groups excluding carboxylic acids is 2. The first-order chi connectivity index (χ1) is 10.1. The van der Waals surface area contributed by atoms with Crippen molar-refractivity contribution in [3.8, 4) is 0 Å². The van der Waals surface area contributed by atoms with Gasteiger partial charge in [0.1, 0.15) is 5.60 Å². The van der Waals surface area contributed by atoms with Gasteiger partial charge in [-0.15, -0.1) is 0 Å². The summed E-state index contributed by atoms with van der Waals surface area (Å²) < 4.78 is 8.10. The number of amides is 2. The van der Waals surface area contributed by atoms with Crippen molar-refractivity contribution in [2.75, 3.05) is 13.1 Å². The molecule has 0 aliphatic carbocycles. The van der Waals surface area contributed by atoms with Crippen LogP contribution in [0.2, 0.25) is 0 Å². The molecular weight excluding hydrogens is 625 g/mol. The molecule has 0 atom stereocenters. The molecule has 0 spiro atoms. The van der Waals surface area contributed by atoms with Gasteiger partial charge in [-0.25, -0.2) is 4.79 Å². The Kier molecular flexibility index (Phi) is 8.12. The van der Waals surface area contributed by atoms with Crippen LogP contribution in [0.25, 0.3) is 0 Å². The molecule has 0 aliphatic heterocycles. The van der Waals surface area contributed by atoms with Crippen molar-refractivity contribution >= 4 is 79.8 Å². The number of hydrogen-bond acceptors (Lipinski definition) is 3. The summed E-state index contributed by atoms with van der Waals surface area (Å²) in [5.41, 5.74) is 0.120. The summed E-state index contributed by atoms with van der Waals surface area (Å²) in [5, 5.41) is 5.39. The highest BCUT2D eigenvalue weighted by Gasteiger charge is 2.16. The van der Waals surface area contributed by atoms with E-state index in [1.54, 1.807) is 20.8 Å². The van der Waals surface area contributed by atoms with E-state index in [0.29, 0.717) is 18.7 Å². The quantitative estimate of drug-likeness (QED) is 0.299. The Morgan fingerprint density at radius 3 is 2.27 bits per heavy atom. The monoisotopic (exact) mass is 642 g/mol. The standard InChI is InChI=1S/C14H17I3N2O3/c1-14(2,3)22-13(21)19-5-4-18-12(20)9-6-8(15)7-10(16)11(9)17/h6-7H,4-5H2,1-3H3,(H,18,20)(H,19,21). The number of carbonyl (C=O) groups is 2. The average Bonchev–Trinajstić information content (AvgIpc) is 2.36. The number of benzene rings is 1. The molecule has 1 rings (SSSR count). The van der Waals surface area contributed by atoms with Crippen LogP contribution in [0.4, 0.5) is 4.79 Å². The van der Waals surface area contributed by atoms with Crippen LogP contribution in [0, 0.1) is 10.7 Å². The van der Waals surface area contributed by atoms with Crippen molar-refractivity contribution in [3.05, 3.63) is 28.4 Å². The molecule has 0 unspecified atom stereocenters. The zero-order chi connectivity index (χ0) is 16.9. The summed E-state index contributed by atoms with van der Waals surface area (Å²) in [7, 11) is 0. The Hall–Kier alpha value is 0.150. The average molecular weight is 642 g/mol. The fraction of sp³-hybridized carbons (Fsp3) is 0.429. The molecule has 0 bridgehead atoms. The first-order valence-corrected chi connectivity index (χ1v) is 9.73. The first-order valence-electron chi connectivity index (χ1n) is 6.50. The molecule has 0 saturated heterocycles. The molecule has 0 aliphatic rings. The lowest BCUT2D eigenvalue weighted by atomic mass is 10.2. The lowest BCUT2D eigenvalue weighted by Gasteiger charge is -2.19. The number of hydrogen-bond donors (Lipinski definition) is 2. The van der Waals surface area contributed by atoms with Gasteiger partial charge in [0.25, 0.3) is 5.91 Å². The lowest BCUT2D eigenvalue weighted by molar-refractivity contribution is 0.0526. The van der Waals surface area contributed by atoms with Crippen LogP contribution in [0.5, 0.6) is 0 Å². The lowest BCUT2D eigenvalue weighted by Crippen LogP contribution is -2.38. The highest BCUT2D eigenvalue weighted by Crippen LogP contribution is 2.22. The summed E-state index contributed by atoms with van der Waals surface area (Å²) in [6.45, 7) is 6.06. The van der Waals surface area contributed by atoms with Crippen LogP contribution in [0.3, 0.4) is 0 Å². The molecule has 8 heteroatoms. The van der Waals surface area contributed by atoms with Crippen LogP contribution in [0.15, 0.2) is 12.1 Å². The second-order valence-electron chi connectivity index (χ2n) is 5.43. The molecule has 0 heterocycles. The van der Waals surface area contributed by atoms with Crippen LogP contribution >= 0.6 is 67.8 Å². The highest BCUT2D eigenvalue weighted by atomic mass is 127. The molecule has 2 N–H and O–H groups in total. The maximum absolute atomic E-state index is 12.2. The van der Waals surface area contributed by atoms with Gasteiger partial charge in [0, 0.05) is 23.8 Å². The van der Waals surface area contributed by atoms with Crippen LogP contribution < -0.4 is 10.6 Å². The van der Waals surface area contributed by atoms with E-state index in [9.17, 15) is 9.59 Å².